The summed E-state index contributed by atoms with van der Waals surface area (Å²) in [6.45, 7) is 1.92. The molecular formula is C24H15ClN6O2. The number of benzene rings is 2. The molecule has 2 aromatic heterocycles. The number of nitrogens with zero attached hydrogens (tertiary/aromatic N) is 5. The van der Waals surface area contributed by atoms with E-state index >= 15 is 0 Å². The number of aromatic hydroxyl groups is 1. The molecule has 0 fully saturated rings. The number of fused-ring (bicyclic) bond motifs is 1. The number of pyridine rings is 2. The van der Waals surface area contributed by atoms with Gasteiger partial charge in [0, 0.05) is 16.5 Å². The van der Waals surface area contributed by atoms with Crippen LogP contribution in [-0.4, -0.2) is 21.0 Å². The van der Waals surface area contributed by atoms with Crippen LogP contribution in [0.2, 0.25) is 5.15 Å². The van der Waals surface area contributed by atoms with Crippen molar-refractivity contribution >= 4 is 34.5 Å². The number of nitriles is 2. The molecule has 0 unspecified atom stereocenters. The Labute approximate surface area is 193 Å². The van der Waals surface area contributed by atoms with E-state index in [0.29, 0.717) is 11.1 Å². The molecule has 0 radical (unpaired) electrons. The zero-order valence-electron chi connectivity index (χ0n) is 17.2. The van der Waals surface area contributed by atoms with E-state index in [4.69, 9.17) is 17.3 Å². The average Bonchev–Trinajstić information content (AvgIpc) is 2.80. The van der Waals surface area contributed by atoms with E-state index in [1.807, 2.05) is 37.3 Å². The number of phenolic OH excluding ortho intramolecular Hbond substituents is 1. The number of nitrogens with two attached hydrogens (primary N) is 1. The van der Waals surface area contributed by atoms with E-state index in [0.717, 1.165) is 21.1 Å². The van der Waals surface area contributed by atoms with E-state index in [-0.39, 0.29) is 33.4 Å². The van der Waals surface area contributed by atoms with Crippen LogP contribution in [0.4, 0.5) is 5.82 Å². The lowest BCUT2D eigenvalue weighted by molar-refractivity contribution is 0.475. The van der Waals surface area contributed by atoms with Crippen molar-refractivity contribution in [3.8, 4) is 29.0 Å². The van der Waals surface area contributed by atoms with Gasteiger partial charge < -0.3 is 10.8 Å². The maximum atomic E-state index is 13.1. The summed E-state index contributed by atoms with van der Waals surface area (Å²) >= 11 is 6.31. The Morgan fingerprint density at radius 2 is 1.85 bits per heavy atom. The molecule has 9 heteroatoms. The van der Waals surface area contributed by atoms with Crippen LogP contribution >= 0.6 is 11.6 Å². The van der Waals surface area contributed by atoms with E-state index < -0.39 is 5.56 Å². The van der Waals surface area contributed by atoms with Crippen molar-refractivity contribution in [2.75, 3.05) is 5.73 Å². The van der Waals surface area contributed by atoms with Gasteiger partial charge >= 0.3 is 0 Å². The van der Waals surface area contributed by atoms with Gasteiger partial charge in [-0.15, -0.1) is 0 Å². The highest BCUT2D eigenvalue weighted by atomic mass is 35.5. The van der Waals surface area contributed by atoms with Crippen LogP contribution < -0.4 is 11.3 Å². The van der Waals surface area contributed by atoms with Crippen LogP contribution in [0.1, 0.15) is 22.3 Å². The smallest absolute Gasteiger partial charge is 0.291 e. The largest absolute Gasteiger partial charge is 0.508 e. The van der Waals surface area contributed by atoms with Gasteiger partial charge in [0.2, 0.25) is 0 Å². The molecule has 3 N–H and O–H groups in total. The number of hydrogen-bond acceptors (Lipinski definition) is 7. The van der Waals surface area contributed by atoms with E-state index in [1.54, 1.807) is 6.07 Å². The van der Waals surface area contributed by atoms with Crippen molar-refractivity contribution in [3.05, 3.63) is 86.3 Å². The van der Waals surface area contributed by atoms with Crippen molar-refractivity contribution in [1.29, 1.82) is 10.5 Å². The Kier molecular flexibility index (Phi) is 5.53. The molecule has 0 saturated heterocycles. The van der Waals surface area contributed by atoms with Gasteiger partial charge in [-0.25, -0.2) is 4.98 Å². The molecule has 0 spiro atoms. The van der Waals surface area contributed by atoms with Gasteiger partial charge in [-0.05, 0) is 36.2 Å². The predicted molar refractivity (Wildman–Crippen MR) is 126 cm³/mol. The molecule has 160 valence electrons. The molecular weight excluding hydrogens is 440 g/mol. The summed E-state index contributed by atoms with van der Waals surface area (Å²) in [6.07, 6.45) is 1.30. The maximum Gasteiger partial charge on any atom is 0.291 e. The second-order valence-electron chi connectivity index (χ2n) is 7.16. The summed E-state index contributed by atoms with van der Waals surface area (Å²) in [7, 11) is 0. The van der Waals surface area contributed by atoms with Crippen molar-refractivity contribution in [3.63, 3.8) is 0 Å². The number of nitrogen functional groups attached to an aromatic ring is 1. The molecule has 2 heterocycles. The van der Waals surface area contributed by atoms with Crippen LogP contribution in [0, 0.1) is 29.6 Å². The predicted octanol–water partition coefficient (Wildman–Crippen LogP) is 3.94. The summed E-state index contributed by atoms with van der Waals surface area (Å²) in [4.78, 5) is 17.4. The topological polar surface area (TPSA) is 141 Å². The van der Waals surface area contributed by atoms with Gasteiger partial charge in [-0.3, -0.25) is 4.79 Å². The molecule has 0 aliphatic heterocycles. The lowest BCUT2D eigenvalue weighted by atomic mass is 9.96. The Morgan fingerprint density at radius 3 is 2.52 bits per heavy atom. The second-order valence-corrected chi connectivity index (χ2v) is 7.52. The molecule has 2 aromatic carbocycles. The molecule has 0 saturated carbocycles. The summed E-state index contributed by atoms with van der Waals surface area (Å²) in [5.41, 5.74) is 7.53. The zero-order valence-corrected chi connectivity index (χ0v) is 18.0. The van der Waals surface area contributed by atoms with Gasteiger partial charge in [-0.2, -0.15) is 20.3 Å². The van der Waals surface area contributed by atoms with Crippen molar-refractivity contribution < 1.29 is 5.11 Å². The zero-order chi connectivity index (χ0) is 23.7. The van der Waals surface area contributed by atoms with Crippen LogP contribution in [0.25, 0.3) is 22.0 Å². The van der Waals surface area contributed by atoms with Gasteiger partial charge in [0.25, 0.3) is 5.56 Å². The number of para-hydroxylation sites is 1. The quantitative estimate of drug-likeness (QED) is 0.354. The third-order valence-electron chi connectivity index (χ3n) is 5.11. The summed E-state index contributed by atoms with van der Waals surface area (Å²) in [6, 6.07) is 17.0. The van der Waals surface area contributed by atoms with Gasteiger partial charge in [0.1, 0.15) is 40.0 Å². The van der Waals surface area contributed by atoms with Crippen molar-refractivity contribution in [2.45, 2.75) is 6.92 Å². The van der Waals surface area contributed by atoms with Crippen LogP contribution in [0.15, 0.2) is 58.4 Å². The van der Waals surface area contributed by atoms with Gasteiger partial charge in [-0.1, -0.05) is 41.9 Å². The fourth-order valence-electron chi connectivity index (χ4n) is 3.48. The monoisotopic (exact) mass is 454 g/mol. The molecule has 4 rings (SSSR count). The lowest BCUT2D eigenvalue weighted by Gasteiger charge is -2.12. The first-order chi connectivity index (χ1) is 15.8. The number of phenols is 1. The van der Waals surface area contributed by atoms with E-state index in [9.17, 15) is 20.4 Å². The molecule has 0 bridgehead atoms. The van der Waals surface area contributed by atoms with Crippen molar-refractivity contribution in [2.24, 2.45) is 5.10 Å². The Hall–Kier alpha value is -4.66. The molecule has 0 aliphatic carbocycles. The maximum absolute atomic E-state index is 13.1. The van der Waals surface area contributed by atoms with E-state index in [1.165, 1.54) is 30.5 Å². The van der Waals surface area contributed by atoms with E-state index in [2.05, 4.69) is 10.1 Å². The van der Waals surface area contributed by atoms with Crippen LogP contribution in [0.3, 0.4) is 0 Å². The van der Waals surface area contributed by atoms with Crippen molar-refractivity contribution in [1.82, 2.24) is 9.66 Å². The number of halogens is 1. The molecule has 0 aliphatic rings. The number of hydrogen-bond donors (Lipinski definition) is 2. The highest BCUT2D eigenvalue weighted by Gasteiger charge is 2.22. The summed E-state index contributed by atoms with van der Waals surface area (Å²) < 4.78 is 0.789. The normalized spacial score (nSPS) is 10.9. The van der Waals surface area contributed by atoms with Crippen LogP contribution in [-0.2, 0) is 0 Å². The Morgan fingerprint density at radius 1 is 1.15 bits per heavy atom. The highest BCUT2D eigenvalue weighted by molar-refractivity contribution is 6.32. The third-order valence-corrected chi connectivity index (χ3v) is 5.41. The van der Waals surface area contributed by atoms with Gasteiger partial charge in [0.05, 0.1) is 11.7 Å². The minimum absolute atomic E-state index is 0.00209. The lowest BCUT2D eigenvalue weighted by Crippen LogP contribution is -2.25. The Balaban J connectivity index is 1.90. The average molecular weight is 455 g/mol. The number of rotatable bonds is 3. The summed E-state index contributed by atoms with van der Waals surface area (Å²) in [5.74, 6) is -0.237. The molecule has 4 aromatic rings. The molecule has 0 amide bonds. The number of anilines is 1. The Bertz CT molecular complexity index is 1590. The number of aromatic nitrogens is 2. The first-order valence-electron chi connectivity index (χ1n) is 9.64. The molecule has 33 heavy (non-hydrogen) atoms. The standard InChI is InChI=1S/C24H15ClN6O2/c1-13-3-2-4-15-9-16(22(25)30-21(13)15)12-29-31-23(28)18(10-26)20(19(11-27)24(31)33)14-5-7-17(32)8-6-14/h2-9,12,32H,28H2,1H3/b29-12+. The third kappa shape index (κ3) is 3.76. The first-order valence-corrected chi connectivity index (χ1v) is 10.0. The fourth-order valence-corrected chi connectivity index (χ4v) is 3.67. The first kappa shape index (κ1) is 21.6. The van der Waals surface area contributed by atoms with Crippen LogP contribution in [0.5, 0.6) is 5.75 Å². The minimum Gasteiger partial charge on any atom is -0.508 e. The SMILES string of the molecule is Cc1cccc2cc(/C=N/n3c(N)c(C#N)c(-c4ccc(O)cc4)c(C#N)c3=O)c(Cl)nc12. The van der Waals surface area contributed by atoms with Gasteiger partial charge in [0.15, 0.2) is 0 Å². The fraction of sp³-hybridized carbons (Fsp3) is 0.0417. The second kappa shape index (κ2) is 8.46. The molecule has 0 atom stereocenters. The highest BCUT2D eigenvalue weighted by Crippen LogP contribution is 2.30. The number of aryl methyl sites for hydroxylation is 1. The minimum atomic E-state index is -0.797. The summed E-state index contributed by atoms with van der Waals surface area (Å²) in [5, 5.41) is 34.1. The molecule has 8 nitrogen and oxygen atoms in total.